The molecule has 18 heavy (non-hydrogen) atoms. The zero-order valence-electron chi connectivity index (χ0n) is 11.5. The summed E-state index contributed by atoms with van der Waals surface area (Å²) in [6.07, 6.45) is 5.04. The van der Waals surface area contributed by atoms with Crippen LogP contribution in [-0.4, -0.2) is 7.05 Å². The first-order valence-corrected chi connectivity index (χ1v) is 8.34. The van der Waals surface area contributed by atoms with Gasteiger partial charge in [0.15, 0.2) is 0 Å². The van der Waals surface area contributed by atoms with Gasteiger partial charge in [-0.3, -0.25) is 0 Å². The molecule has 1 atom stereocenters. The first kappa shape index (κ1) is 16.2. The van der Waals surface area contributed by atoms with Crippen LogP contribution in [0.2, 0.25) is 0 Å². The van der Waals surface area contributed by atoms with Gasteiger partial charge in [-0.2, -0.15) is 0 Å². The lowest BCUT2D eigenvalue weighted by molar-refractivity contribution is 0.330. The highest BCUT2D eigenvalue weighted by Crippen LogP contribution is 2.35. The molecule has 0 fully saturated rings. The van der Waals surface area contributed by atoms with Gasteiger partial charge >= 0.3 is 0 Å². The van der Waals surface area contributed by atoms with Crippen LogP contribution in [0.4, 0.5) is 0 Å². The SMILES string of the molecule is CCCC(CCC)C(NC)c1cc(Br)ccc1Br. The van der Waals surface area contributed by atoms with Crippen LogP contribution in [0.15, 0.2) is 27.1 Å². The first-order valence-electron chi connectivity index (χ1n) is 6.76. The number of hydrogen-bond donors (Lipinski definition) is 1. The van der Waals surface area contributed by atoms with E-state index in [9.17, 15) is 0 Å². The zero-order chi connectivity index (χ0) is 13.5. The summed E-state index contributed by atoms with van der Waals surface area (Å²) >= 11 is 7.25. The molecule has 1 aromatic carbocycles. The van der Waals surface area contributed by atoms with E-state index in [0.717, 1.165) is 4.47 Å². The number of hydrogen-bond acceptors (Lipinski definition) is 1. The van der Waals surface area contributed by atoms with E-state index in [0.29, 0.717) is 12.0 Å². The Morgan fingerprint density at radius 1 is 1.11 bits per heavy atom. The minimum absolute atomic E-state index is 0.428. The number of nitrogens with one attached hydrogen (secondary N) is 1. The second-order valence-corrected chi connectivity index (χ2v) is 6.54. The lowest BCUT2D eigenvalue weighted by atomic mass is 9.86. The minimum atomic E-state index is 0.428. The van der Waals surface area contributed by atoms with E-state index >= 15 is 0 Å². The molecule has 0 aliphatic rings. The molecule has 3 heteroatoms. The summed E-state index contributed by atoms with van der Waals surface area (Å²) in [7, 11) is 2.07. The van der Waals surface area contributed by atoms with Crippen molar-refractivity contribution < 1.29 is 0 Å². The molecule has 1 unspecified atom stereocenters. The van der Waals surface area contributed by atoms with Gasteiger partial charge in [0.1, 0.15) is 0 Å². The zero-order valence-corrected chi connectivity index (χ0v) is 14.6. The van der Waals surface area contributed by atoms with Crippen molar-refractivity contribution in [3.63, 3.8) is 0 Å². The fraction of sp³-hybridized carbons (Fsp3) is 0.600. The van der Waals surface area contributed by atoms with Crippen molar-refractivity contribution in [1.29, 1.82) is 0 Å². The Labute approximate surface area is 128 Å². The standard InChI is InChI=1S/C15H23Br2N/c1-4-6-11(7-5-2)15(18-3)13-10-12(16)8-9-14(13)17/h8-11,15,18H,4-7H2,1-3H3. The maximum Gasteiger partial charge on any atom is 0.0357 e. The van der Waals surface area contributed by atoms with Crippen LogP contribution in [0.25, 0.3) is 0 Å². The van der Waals surface area contributed by atoms with Gasteiger partial charge < -0.3 is 5.32 Å². The summed E-state index contributed by atoms with van der Waals surface area (Å²) in [5, 5.41) is 3.51. The molecule has 1 N–H and O–H groups in total. The van der Waals surface area contributed by atoms with E-state index in [2.05, 4.69) is 76.3 Å². The number of benzene rings is 1. The van der Waals surface area contributed by atoms with Gasteiger partial charge in [0.05, 0.1) is 0 Å². The molecule has 0 radical (unpaired) electrons. The molecule has 0 saturated carbocycles. The third-order valence-electron chi connectivity index (χ3n) is 3.39. The lowest BCUT2D eigenvalue weighted by Crippen LogP contribution is -2.25. The fourth-order valence-corrected chi connectivity index (χ4v) is 3.49. The molecule has 1 rings (SSSR count). The van der Waals surface area contributed by atoms with E-state index in [-0.39, 0.29) is 0 Å². The maximum atomic E-state index is 3.68. The summed E-state index contributed by atoms with van der Waals surface area (Å²) in [6, 6.07) is 6.86. The van der Waals surface area contributed by atoms with E-state index in [4.69, 9.17) is 0 Å². The smallest absolute Gasteiger partial charge is 0.0357 e. The average Bonchev–Trinajstić information content (AvgIpc) is 2.35. The van der Waals surface area contributed by atoms with Gasteiger partial charge in [-0.05, 0) is 49.6 Å². The van der Waals surface area contributed by atoms with Gasteiger partial charge in [0.25, 0.3) is 0 Å². The Balaban J connectivity index is 3.01. The molecule has 0 saturated heterocycles. The second-order valence-electron chi connectivity index (χ2n) is 4.77. The molecule has 0 bridgehead atoms. The van der Waals surface area contributed by atoms with E-state index in [1.165, 1.54) is 35.7 Å². The predicted molar refractivity (Wildman–Crippen MR) is 86.9 cm³/mol. The molecule has 102 valence electrons. The van der Waals surface area contributed by atoms with E-state index in [1.807, 2.05) is 0 Å². The van der Waals surface area contributed by atoms with Gasteiger partial charge in [-0.25, -0.2) is 0 Å². The quantitative estimate of drug-likeness (QED) is 0.644. The van der Waals surface area contributed by atoms with Crippen molar-refractivity contribution in [2.75, 3.05) is 7.05 Å². The monoisotopic (exact) mass is 375 g/mol. The normalized spacial score (nSPS) is 13.0. The Hall–Kier alpha value is 0.140. The van der Waals surface area contributed by atoms with Crippen LogP contribution in [0.1, 0.15) is 51.1 Å². The van der Waals surface area contributed by atoms with Crippen LogP contribution in [0, 0.1) is 5.92 Å². The third-order valence-corrected chi connectivity index (χ3v) is 4.61. The molecule has 0 aromatic heterocycles. The van der Waals surface area contributed by atoms with Crippen LogP contribution in [0.5, 0.6) is 0 Å². The summed E-state index contributed by atoms with van der Waals surface area (Å²) in [5.74, 6) is 0.704. The van der Waals surface area contributed by atoms with Crippen molar-refractivity contribution in [1.82, 2.24) is 5.32 Å². The van der Waals surface area contributed by atoms with Crippen molar-refractivity contribution in [2.24, 2.45) is 5.92 Å². The van der Waals surface area contributed by atoms with Crippen LogP contribution >= 0.6 is 31.9 Å². The van der Waals surface area contributed by atoms with Crippen molar-refractivity contribution in [3.05, 3.63) is 32.7 Å². The maximum absolute atomic E-state index is 3.68. The molecule has 0 heterocycles. The predicted octanol–water partition coefficient (Wildman–Crippen LogP) is 5.69. The van der Waals surface area contributed by atoms with Crippen molar-refractivity contribution in [2.45, 2.75) is 45.6 Å². The number of halogens is 2. The molecular weight excluding hydrogens is 354 g/mol. The van der Waals surface area contributed by atoms with Gasteiger partial charge in [0, 0.05) is 15.0 Å². The van der Waals surface area contributed by atoms with Crippen molar-refractivity contribution >= 4 is 31.9 Å². The average molecular weight is 377 g/mol. The largest absolute Gasteiger partial charge is 0.313 e. The Bertz CT molecular complexity index is 360. The Morgan fingerprint density at radius 3 is 2.22 bits per heavy atom. The molecule has 1 nitrogen and oxygen atoms in total. The molecule has 0 aliphatic heterocycles. The van der Waals surface area contributed by atoms with Crippen LogP contribution in [-0.2, 0) is 0 Å². The van der Waals surface area contributed by atoms with Gasteiger partial charge in [-0.15, -0.1) is 0 Å². The highest BCUT2D eigenvalue weighted by Gasteiger charge is 2.22. The highest BCUT2D eigenvalue weighted by molar-refractivity contribution is 9.11. The van der Waals surface area contributed by atoms with Crippen LogP contribution in [0.3, 0.4) is 0 Å². The summed E-state index contributed by atoms with van der Waals surface area (Å²) in [4.78, 5) is 0. The summed E-state index contributed by atoms with van der Waals surface area (Å²) in [6.45, 7) is 4.54. The fourth-order valence-electron chi connectivity index (χ4n) is 2.62. The van der Waals surface area contributed by atoms with Crippen LogP contribution < -0.4 is 5.32 Å². The molecule has 0 aliphatic carbocycles. The van der Waals surface area contributed by atoms with Crippen molar-refractivity contribution in [3.8, 4) is 0 Å². The highest BCUT2D eigenvalue weighted by atomic mass is 79.9. The summed E-state index contributed by atoms with van der Waals surface area (Å²) in [5.41, 5.74) is 1.36. The Morgan fingerprint density at radius 2 is 1.72 bits per heavy atom. The molecular formula is C15H23Br2N. The lowest BCUT2D eigenvalue weighted by Gasteiger charge is -2.28. The summed E-state index contributed by atoms with van der Waals surface area (Å²) < 4.78 is 2.34. The van der Waals surface area contributed by atoms with Gasteiger partial charge in [-0.1, -0.05) is 58.5 Å². The topological polar surface area (TPSA) is 12.0 Å². The Kier molecular flexibility index (Phi) is 7.50. The van der Waals surface area contributed by atoms with E-state index in [1.54, 1.807) is 0 Å². The third kappa shape index (κ3) is 4.36. The molecule has 1 aromatic rings. The second kappa shape index (κ2) is 8.34. The number of rotatable bonds is 7. The minimum Gasteiger partial charge on any atom is -0.313 e. The molecule has 0 amide bonds. The van der Waals surface area contributed by atoms with Gasteiger partial charge in [0.2, 0.25) is 0 Å². The first-order chi connectivity index (χ1) is 8.63. The van der Waals surface area contributed by atoms with E-state index < -0.39 is 0 Å². The molecule has 0 spiro atoms.